The summed E-state index contributed by atoms with van der Waals surface area (Å²) in [6.45, 7) is 0. The third-order valence-electron chi connectivity index (χ3n) is 1.56. The summed E-state index contributed by atoms with van der Waals surface area (Å²) in [5.41, 5.74) is 1.52. The van der Waals surface area contributed by atoms with E-state index >= 15 is 0 Å². The molecule has 15 heavy (non-hydrogen) atoms. The van der Waals surface area contributed by atoms with Gasteiger partial charge in [-0.05, 0) is 29.5 Å². The Balaban J connectivity index is 2.69. The van der Waals surface area contributed by atoms with Crippen molar-refractivity contribution in [1.82, 2.24) is 0 Å². The van der Waals surface area contributed by atoms with E-state index in [1.807, 2.05) is 5.40 Å². The molecule has 0 aliphatic carbocycles. The third kappa shape index (κ3) is 4.72. The van der Waals surface area contributed by atoms with Gasteiger partial charge in [0.05, 0.1) is 6.26 Å². The average molecular weight is 242 g/mol. The molecule has 0 aliphatic rings. The van der Waals surface area contributed by atoms with Crippen molar-refractivity contribution in [3.05, 3.63) is 29.8 Å². The lowest BCUT2D eigenvalue weighted by atomic mass is 10.2. The van der Waals surface area contributed by atoms with Crippen molar-refractivity contribution in [3.63, 3.8) is 0 Å². The number of benzene rings is 1. The van der Waals surface area contributed by atoms with Gasteiger partial charge in [-0.1, -0.05) is 12.1 Å². The Morgan fingerprint density at radius 1 is 1.40 bits per heavy atom. The Morgan fingerprint density at radius 2 is 2.00 bits per heavy atom. The summed E-state index contributed by atoms with van der Waals surface area (Å²) in [5, 5.41) is 10.3. The van der Waals surface area contributed by atoms with E-state index in [0.717, 1.165) is 23.6 Å². The van der Waals surface area contributed by atoms with E-state index in [9.17, 15) is 8.42 Å². The van der Waals surface area contributed by atoms with Gasteiger partial charge in [0.15, 0.2) is 0 Å². The molecule has 1 rings (SSSR count). The molecule has 0 saturated carbocycles. The number of rotatable bonds is 4. The molecule has 0 bridgehead atoms. The average Bonchev–Trinajstić information content (AvgIpc) is 2.14. The molecule has 80 valence electrons. The molecule has 0 atom stereocenters. The van der Waals surface area contributed by atoms with E-state index < -0.39 is 10.0 Å². The van der Waals surface area contributed by atoms with E-state index in [1.54, 1.807) is 24.3 Å². The molecule has 6 heteroatoms. The molecule has 1 N–H and O–H groups in total. The van der Waals surface area contributed by atoms with E-state index in [-0.39, 0.29) is 0 Å². The van der Waals surface area contributed by atoms with Gasteiger partial charge in [-0.15, -0.1) is 0 Å². The standard InChI is InChI=1S/C9H10N2O2S2/c1-15(12,13)11-9-4-2-8(3-5-9)6-14-7-10/h2-5,11H,6H2,1H3. The van der Waals surface area contributed by atoms with Gasteiger partial charge in [0.2, 0.25) is 10.0 Å². The quantitative estimate of drug-likeness (QED) is 0.817. The fourth-order valence-corrected chi connectivity index (χ4v) is 1.99. The second kappa shape index (κ2) is 5.05. The van der Waals surface area contributed by atoms with Gasteiger partial charge in [-0.25, -0.2) is 8.42 Å². The maximum atomic E-state index is 10.9. The second-order valence-corrected chi connectivity index (χ2v) is 5.46. The predicted molar refractivity (Wildman–Crippen MR) is 61.8 cm³/mol. The van der Waals surface area contributed by atoms with Crippen LogP contribution in [-0.2, 0) is 15.8 Å². The summed E-state index contributed by atoms with van der Waals surface area (Å²) < 4.78 is 24.2. The third-order valence-corrected chi connectivity index (χ3v) is 2.77. The van der Waals surface area contributed by atoms with Crippen molar-refractivity contribution in [1.29, 1.82) is 5.26 Å². The number of thioether (sulfide) groups is 1. The van der Waals surface area contributed by atoms with Gasteiger partial charge in [0, 0.05) is 11.4 Å². The summed E-state index contributed by atoms with van der Waals surface area (Å²) in [4.78, 5) is 0. The van der Waals surface area contributed by atoms with Gasteiger partial charge in [-0.3, -0.25) is 4.72 Å². The lowest BCUT2D eigenvalue weighted by Crippen LogP contribution is -2.09. The maximum Gasteiger partial charge on any atom is 0.229 e. The molecular formula is C9H10N2O2S2. The maximum absolute atomic E-state index is 10.9. The van der Waals surface area contributed by atoms with Crippen molar-refractivity contribution in [2.24, 2.45) is 0 Å². The van der Waals surface area contributed by atoms with Gasteiger partial charge >= 0.3 is 0 Å². The first-order valence-corrected chi connectivity index (χ1v) is 6.96. The highest BCUT2D eigenvalue weighted by Gasteiger charge is 2.01. The first kappa shape index (κ1) is 11.9. The van der Waals surface area contributed by atoms with E-state index in [2.05, 4.69) is 4.72 Å². The Labute approximate surface area is 93.4 Å². The van der Waals surface area contributed by atoms with Crippen LogP contribution in [0.4, 0.5) is 5.69 Å². The van der Waals surface area contributed by atoms with Crippen LogP contribution >= 0.6 is 11.8 Å². The Bertz CT molecular complexity index is 460. The van der Waals surface area contributed by atoms with Crippen LogP contribution in [0.15, 0.2) is 24.3 Å². The Hall–Kier alpha value is -1.19. The molecule has 0 unspecified atom stereocenters. The largest absolute Gasteiger partial charge is 0.284 e. The van der Waals surface area contributed by atoms with Gasteiger partial charge in [-0.2, -0.15) is 5.26 Å². The lowest BCUT2D eigenvalue weighted by molar-refractivity contribution is 0.607. The highest BCUT2D eigenvalue weighted by atomic mass is 32.2. The number of anilines is 1. The molecule has 0 aromatic heterocycles. The highest BCUT2D eigenvalue weighted by Crippen LogP contribution is 2.15. The van der Waals surface area contributed by atoms with Crippen molar-refractivity contribution < 1.29 is 8.42 Å². The summed E-state index contributed by atoms with van der Waals surface area (Å²) in [6, 6.07) is 6.93. The minimum Gasteiger partial charge on any atom is -0.284 e. The zero-order valence-electron chi connectivity index (χ0n) is 8.10. The minimum absolute atomic E-state index is 0.531. The lowest BCUT2D eigenvalue weighted by Gasteiger charge is -2.04. The fraction of sp³-hybridized carbons (Fsp3) is 0.222. The molecule has 0 radical (unpaired) electrons. The molecule has 0 heterocycles. The van der Waals surface area contributed by atoms with Gasteiger partial charge in [0.1, 0.15) is 5.40 Å². The van der Waals surface area contributed by atoms with Crippen molar-refractivity contribution in [3.8, 4) is 5.40 Å². The number of hydrogen-bond donors (Lipinski definition) is 1. The van der Waals surface area contributed by atoms with Crippen LogP contribution < -0.4 is 4.72 Å². The number of nitriles is 1. The number of nitrogens with one attached hydrogen (secondary N) is 1. The molecule has 1 aromatic rings. The first-order valence-electron chi connectivity index (χ1n) is 4.09. The molecule has 0 spiro atoms. The number of hydrogen-bond acceptors (Lipinski definition) is 4. The number of sulfonamides is 1. The highest BCUT2D eigenvalue weighted by molar-refractivity contribution is 8.02. The molecule has 0 fully saturated rings. The van der Waals surface area contributed by atoms with Crippen LogP contribution in [0.25, 0.3) is 0 Å². The summed E-state index contributed by atoms with van der Waals surface area (Å²) in [7, 11) is -3.21. The molecule has 4 nitrogen and oxygen atoms in total. The van der Waals surface area contributed by atoms with Crippen molar-refractivity contribution >= 4 is 27.5 Å². The van der Waals surface area contributed by atoms with Crippen molar-refractivity contribution in [2.45, 2.75) is 5.75 Å². The summed E-state index contributed by atoms with van der Waals surface area (Å²) in [6.07, 6.45) is 1.10. The molecule has 0 amide bonds. The molecule has 0 saturated heterocycles. The van der Waals surface area contributed by atoms with Crippen LogP contribution in [0.1, 0.15) is 5.56 Å². The topological polar surface area (TPSA) is 70.0 Å². The SMILES string of the molecule is CS(=O)(=O)Nc1ccc(CSC#N)cc1. The smallest absolute Gasteiger partial charge is 0.229 e. The van der Waals surface area contributed by atoms with Crippen LogP contribution in [-0.4, -0.2) is 14.7 Å². The Morgan fingerprint density at radius 3 is 2.47 bits per heavy atom. The number of thiocyanates is 1. The second-order valence-electron chi connectivity index (χ2n) is 2.95. The monoisotopic (exact) mass is 242 g/mol. The molecule has 1 aromatic carbocycles. The number of nitrogens with zero attached hydrogens (tertiary/aromatic N) is 1. The van der Waals surface area contributed by atoms with Gasteiger partial charge < -0.3 is 0 Å². The summed E-state index contributed by atoms with van der Waals surface area (Å²) >= 11 is 1.15. The van der Waals surface area contributed by atoms with Crippen molar-refractivity contribution in [2.75, 3.05) is 11.0 Å². The molecule has 0 aliphatic heterocycles. The van der Waals surface area contributed by atoms with E-state index in [0.29, 0.717) is 11.4 Å². The predicted octanol–water partition coefficient (Wildman–Crippen LogP) is 1.77. The van der Waals surface area contributed by atoms with Crippen LogP contribution in [0.2, 0.25) is 0 Å². The zero-order chi connectivity index (χ0) is 11.3. The normalized spacial score (nSPS) is 10.7. The van der Waals surface area contributed by atoms with E-state index in [1.165, 1.54) is 0 Å². The van der Waals surface area contributed by atoms with Crippen LogP contribution in [0.3, 0.4) is 0 Å². The van der Waals surface area contributed by atoms with Crippen LogP contribution in [0, 0.1) is 10.7 Å². The minimum atomic E-state index is -3.21. The van der Waals surface area contributed by atoms with E-state index in [4.69, 9.17) is 5.26 Å². The Kier molecular flexibility index (Phi) is 4.00. The van der Waals surface area contributed by atoms with Gasteiger partial charge in [0.25, 0.3) is 0 Å². The molecular weight excluding hydrogens is 232 g/mol. The summed E-state index contributed by atoms with van der Waals surface area (Å²) in [5.74, 6) is 0.607. The first-order chi connectivity index (χ1) is 7.01. The van der Waals surface area contributed by atoms with Crippen LogP contribution in [0.5, 0.6) is 0 Å². The zero-order valence-corrected chi connectivity index (χ0v) is 9.73. The fourth-order valence-electron chi connectivity index (χ4n) is 0.999.